The molecule has 1 aromatic rings. The van der Waals surface area contributed by atoms with Gasteiger partial charge in [-0.3, -0.25) is 9.59 Å². The highest BCUT2D eigenvalue weighted by Crippen LogP contribution is 2.25. The number of unbranched alkanes of at least 4 members (excludes halogenated alkanes) is 1. The van der Waals surface area contributed by atoms with E-state index in [1.54, 1.807) is 50.3 Å². The predicted molar refractivity (Wildman–Crippen MR) is 101 cm³/mol. The number of esters is 1. The fourth-order valence-electron chi connectivity index (χ4n) is 2.48. The van der Waals surface area contributed by atoms with Crippen LogP contribution in [0.25, 0.3) is 6.08 Å². The summed E-state index contributed by atoms with van der Waals surface area (Å²) in [7, 11) is 4.51. The Balaban J connectivity index is 2.94. The zero-order valence-corrected chi connectivity index (χ0v) is 16.3. The van der Waals surface area contributed by atoms with Gasteiger partial charge in [-0.25, -0.2) is 0 Å². The summed E-state index contributed by atoms with van der Waals surface area (Å²) < 4.78 is 15.3. The minimum Gasteiger partial charge on any atom is -0.497 e. The summed E-state index contributed by atoms with van der Waals surface area (Å²) in [4.78, 5) is 26.0. The van der Waals surface area contributed by atoms with E-state index in [1.807, 2.05) is 0 Å². The highest BCUT2D eigenvalue weighted by atomic mass is 16.5. The molecule has 0 aromatic heterocycles. The smallest absolute Gasteiger partial charge is 0.310 e. The number of amides is 1. The molecule has 1 aromatic carbocycles. The van der Waals surface area contributed by atoms with Crippen LogP contribution in [0.2, 0.25) is 0 Å². The second-order valence-electron chi connectivity index (χ2n) is 6.00. The van der Waals surface area contributed by atoms with Crippen LogP contribution >= 0.6 is 0 Å². The molecule has 0 saturated carbocycles. The molecule has 0 aliphatic rings. The van der Waals surface area contributed by atoms with E-state index in [9.17, 15) is 9.59 Å². The maximum atomic E-state index is 12.6. The molecule has 0 heterocycles. The predicted octanol–water partition coefficient (Wildman–Crippen LogP) is 3.15. The van der Waals surface area contributed by atoms with Crippen LogP contribution in [0, 0.1) is 5.92 Å². The van der Waals surface area contributed by atoms with Crippen molar-refractivity contribution in [1.82, 2.24) is 4.90 Å². The number of nitrogens with zero attached hydrogens (tertiary/aromatic N) is 1. The fourth-order valence-corrected chi connectivity index (χ4v) is 2.48. The SMILES string of the molecule is CCCCN(CC(C)C(=O)OC)C(=O)/C=C/c1cc(OC)ccc1OC. The number of methoxy groups -OCH3 is 3. The zero-order valence-electron chi connectivity index (χ0n) is 16.3. The summed E-state index contributed by atoms with van der Waals surface area (Å²) in [5.41, 5.74) is 0.747. The van der Waals surface area contributed by atoms with Crippen molar-refractivity contribution in [1.29, 1.82) is 0 Å². The van der Waals surface area contributed by atoms with Gasteiger partial charge in [-0.05, 0) is 30.7 Å². The van der Waals surface area contributed by atoms with E-state index in [4.69, 9.17) is 14.2 Å². The van der Waals surface area contributed by atoms with E-state index >= 15 is 0 Å². The van der Waals surface area contributed by atoms with E-state index in [1.165, 1.54) is 13.2 Å². The van der Waals surface area contributed by atoms with E-state index in [0.717, 1.165) is 18.4 Å². The molecule has 0 fully saturated rings. The van der Waals surface area contributed by atoms with Crippen molar-refractivity contribution in [3.05, 3.63) is 29.8 Å². The maximum absolute atomic E-state index is 12.6. The topological polar surface area (TPSA) is 65.1 Å². The first-order valence-corrected chi connectivity index (χ1v) is 8.73. The van der Waals surface area contributed by atoms with Gasteiger partial charge in [-0.2, -0.15) is 0 Å². The van der Waals surface area contributed by atoms with Crippen LogP contribution in [0.5, 0.6) is 11.5 Å². The average molecular weight is 363 g/mol. The van der Waals surface area contributed by atoms with Crippen molar-refractivity contribution < 1.29 is 23.8 Å². The Hall–Kier alpha value is -2.50. The summed E-state index contributed by atoms with van der Waals surface area (Å²) in [6, 6.07) is 5.39. The van der Waals surface area contributed by atoms with E-state index in [0.29, 0.717) is 24.6 Å². The molecule has 1 rings (SSSR count). The lowest BCUT2D eigenvalue weighted by molar-refractivity contribution is -0.146. The molecule has 0 radical (unpaired) electrons. The van der Waals surface area contributed by atoms with Crippen LogP contribution in [0.15, 0.2) is 24.3 Å². The Morgan fingerprint density at radius 1 is 1.19 bits per heavy atom. The number of benzene rings is 1. The molecule has 1 unspecified atom stereocenters. The third kappa shape index (κ3) is 6.43. The Morgan fingerprint density at radius 3 is 2.50 bits per heavy atom. The van der Waals surface area contributed by atoms with Gasteiger partial charge in [0, 0.05) is 24.7 Å². The van der Waals surface area contributed by atoms with E-state index in [-0.39, 0.29) is 17.8 Å². The molecule has 0 saturated heterocycles. The minimum absolute atomic E-state index is 0.154. The van der Waals surface area contributed by atoms with Crippen molar-refractivity contribution in [2.24, 2.45) is 5.92 Å². The van der Waals surface area contributed by atoms with Gasteiger partial charge in [0.25, 0.3) is 0 Å². The molecule has 0 aliphatic heterocycles. The second kappa shape index (κ2) is 11.2. The van der Waals surface area contributed by atoms with Gasteiger partial charge >= 0.3 is 5.97 Å². The van der Waals surface area contributed by atoms with Gasteiger partial charge in [0.1, 0.15) is 11.5 Å². The van der Waals surface area contributed by atoms with Crippen molar-refractivity contribution in [3.63, 3.8) is 0 Å². The zero-order chi connectivity index (χ0) is 19.5. The first-order chi connectivity index (χ1) is 12.5. The third-order valence-corrected chi connectivity index (χ3v) is 4.03. The second-order valence-corrected chi connectivity index (χ2v) is 6.00. The van der Waals surface area contributed by atoms with Crippen LogP contribution in [-0.4, -0.2) is 51.2 Å². The van der Waals surface area contributed by atoms with Gasteiger partial charge in [0.2, 0.25) is 5.91 Å². The largest absolute Gasteiger partial charge is 0.497 e. The number of hydrogen-bond donors (Lipinski definition) is 0. The molecule has 6 heteroatoms. The number of ether oxygens (including phenoxy) is 3. The van der Waals surface area contributed by atoms with Crippen LogP contribution < -0.4 is 9.47 Å². The molecule has 144 valence electrons. The van der Waals surface area contributed by atoms with Crippen molar-refractivity contribution in [2.45, 2.75) is 26.7 Å². The Morgan fingerprint density at radius 2 is 1.92 bits per heavy atom. The molecule has 26 heavy (non-hydrogen) atoms. The van der Waals surface area contributed by atoms with Gasteiger partial charge in [0.05, 0.1) is 27.2 Å². The van der Waals surface area contributed by atoms with E-state index in [2.05, 4.69) is 6.92 Å². The lowest BCUT2D eigenvalue weighted by atomic mass is 10.1. The highest BCUT2D eigenvalue weighted by Gasteiger charge is 2.20. The number of rotatable bonds is 10. The minimum atomic E-state index is -0.374. The molecule has 0 spiro atoms. The number of hydrogen-bond acceptors (Lipinski definition) is 5. The lowest BCUT2D eigenvalue weighted by Crippen LogP contribution is -2.37. The van der Waals surface area contributed by atoms with Crippen LogP contribution in [0.4, 0.5) is 0 Å². The molecule has 0 bridgehead atoms. The van der Waals surface area contributed by atoms with Crippen molar-refractivity contribution in [2.75, 3.05) is 34.4 Å². The van der Waals surface area contributed by atoms with Crippen molar-refractivity contribution in [3.8, 4) is 11.5 Å². The third-order valence-electron chi connectivity index (χ3n) is 4.03. The van der Waals surface area contributed by atoms with Crippen LogP contribution in [-0.2, 0) is 14.3 Å². The van der Waals surface area contributed by atoms with Crippen LogP contribution in [0.3, 0.4) is 0 Å². The van der Waals surface area contributed by atoms with E-state index < -0.39 is 0 Å². The molecule has 0 aliphatic carbocycles. The van der Waals surface area contributed by atoms with Gasteiger partial charge < -0.3 is 19.1 Å². The Kier molecular flexibility index (Phi) is 9.26. The van der Waals surface area contributed by atoms with Crippen LogP contribution in [0.1, 0.15) is 32.3 Å². The fraction of sp³-hybridized carbons (Fsp3) is 0.500. The Labute approximate surface area is 155 Å². The Bertz CT molecular complexity index is 627. The maximum Gasteiger partial charge on any atom is 0.310 e. The molecule has 0 N–H and O–H groups in total. The quantitative estimate of drug-likeness (QED) is 0.472. The first kappa shape index (κ1) is 21.5. The molecular weight excluding hydrogens is 334 g/mol. The molecule has 6 nitrogen and oxygen atoms in total. The monoisotopic (exact) mass is 363 g/mol. The number of carbonyl (C=O) groups excluding carboxylic acids is 2. The van der Waals surface area contributed by atoms with Gasteiger partial charge in [0.15, 0.2) is 0 Å². The summed E-state index contributed by atoms with van der Waals surface area (Å²) >= 11 is 0. The average Bonchev–Trinajstić information content (AvgIpc) is 2.67. The highest BCUT2D eigenvalue weighted by molar-refractivity contribution is 5.92. The van der Waals surface area contributed by atoms with Gasteiger partial charge in [-0.15, -0.1) is 0 Å². The normalized spacial score (nSPS) is 11.9. The van der Waals surface area contributed by atoms with Crippen molar-refractivity contribution >= 4 is 18.0 Å². The summed E-state index contributed by atoms with van der Waals surface area (Å²) in [6.45, 7) is 4.73. The molecular formula is C20H29NO5. The summed E-state index contributed by atoms with van der Waals surface area (Å²) in [5.74, 6) is 0.482. The molecule has 1 atom stereocenters. The summed E-state index contributed by atoms with van der Waals surface area (Å²) in [5, 5.41) is 0. The number of carbonyl (C=O) groups is 2. The first-order valence-electron chi connectivity index (χ1n) is 8.73. The van der Waals surface area contributed by atoms with Gasteiger partial charge in [-0.1, -0.05) is 20.3 Å². The standard InChI is InChI=1S/C20H29NO5/c1-6-7-12-21(14-15(2)20(23)26-5)19(22)11-8-16-13-17(24-3)9-10-18(16)25-4/h8-11,13,15H,6-7,12,14H2,1-5H3/b11-8+. The lowest BCUT2D eigenvalue weighted by Gasteiger charge is -2.23. The summed E-state index contributed by atoms with van der Waals surface area (Å²) in [6.07, 6.45) is 5.03. The molecule has 1 amide bonds.